The third-order valence-electron chi connectivity index (χ3n) is 5.60. The third-order valence-corrected chi connectivity index (χ3v) is 5.60. The number of nitrogens with zero attached hydrogens (tertiary/aromatic N) is 2. The highest BCUT2D eigenvalue weighted by atomic mass is 16.5. The van der Waals surface area contributed by atoms with Crippen molar-refractivity contribution in [3.8, 4) is 0 Å². The van der Waals surface area contributed by atoms with E-state index in [1.54, 1.807) is 0 Å². The highest BCUT2D eigenvalue weighted by Crippen LogP contribution is 2.17. The van der Waals surface area contributed by atoms with E-state index in [2.05, 4.69) is 51.5 Å². The van der Waals surface area contributed by atoms with Crippen molar-refractivity contribution < 1.29 is 9.53 Å². The van der Waals surface area contributed by atoms with Crippen LogP contribution in [0.5, 0.6) is 0 Å². The van der Waals surface area contributed by atoms with Crippen molar-refractivity contribution in [3.63, 3.8) is 0 Å². The number of hydrogen-bond acceptors (Lipinski definition) is 4. The summed E-state index contributed by atoms with van der Waals surface area (Å²) in [4.78, 5) is 17.4. The summed E-state index contributed by atoms with van der Waals surface area (Å²) in [5.41, 5.74) is 3.23. The third kappa shape index (κ3) is 4.91. The molecule has 2 saturated heterocycles. The van der Waals surface area contributed by atoms with E-state index < -0.39 is 0 Å². The molecule has 1 amide bonds. The molecule has 2 fully saturated rings. The summed E-state index contributed by atoms with van der Waals surface area (Å²) in [6.07, 6.45) is 2.30. The molecule has 2 aromatic carbocycles. The topological polar surface area (TPSA) is 44.8 Å². The number of ether oxygens (including phenoxy) is 1. The Balaban J connectivity index is 1.28. The second kappa shape index (κ2) is 9.22. The molecule has 1 N–H and O–H groups in total. The van der Waals surface area contributed by atoms with Gasteiger partial charge in [0.1, 0.15) is 0 Å². The summed E-state index contributed by atoms with van der Waals surface area (Å²) in [5.74, 6) is -0.00810. The molecule has 5 heteroatoms. The zero-order chi connectivity index (χ0) is 19.2. The molecular formula is C23H29N3O2. The Morgan fingerprint density at radius 3 is 2.61 bits per heavy atom. The van der Waals surface area contributed by atoms with Gasteiger partial charge in [0.2, 0.25) is 0 Å². The number of piperazine rings is 1. The van der Waals surface area contributed by atoms with Crippen LogP contribution in [0.1, 0.15) is 28.8 Å². The molecule has 0 saturated carbocycles. The van der Waals surface area contributed by atoms with Crippen LogP contribution < -0.4 is 10.2 Å². The average Bonchev–Trinajstić information content (AvgIpc) is 3.27. The Labute approximate surface area is 167 Å². The molecule has 2 aromatic rings. The number of nitrogens with one attached hydrogen (secondary N) is 1. The molecule has 2 aliphatic rings. The maximum Gasteiger partial charge on any atom is 0.251 e. The van der Waals surface area contributed by atoms with Gasteiger partial charge in [-0.3, -0.25) is 9.69 Å². The largest absolute Gasteiger partial charge is 0.376 e. The van der Waals surface area contributed by atoms with Crippen molar-refractivity contribution in [1.82, 2.24) is 10.2 Å². The second-order valence-electron chi connectivity index (χ2n) is 7.64. The highest BCUT2D eigenvalue weighted by Gasteiger charge is 2.19. The first kappa shape index (κ1) is 19.0. The van der Waals surface area contributed by atoms with Gasteiger partial charge in [-0.1, -0.05) is 30.3 Å². The van der Waals surface area contributed by atoms with Gasteiger partial charge in [-0.25, -0.2) is 0 Å². The van der Waals surface area contributed by atoms with Gasteiger partial charge >= 0.3 is 0 Å². The fraction of sp³-hybridized carbons (Fsp3) is 0.435. The summed E-state index contributed by atoms with van der Waals surface area (Å²) in [6.45, 7) is 6.43. The molecule has 0 aliphatic carbocycles. The van der Waals surface area contributed by atoms with Crippen molar-refractivity contribution in [2.45, 2.75) is 25.5 Å². The van der Waals surface area contributed by atoms with Gasteiger partial charge in [-0.2, -0.15) is 0 Å². The monoisotopic (exact) mass is 379 g/mol. The van der Waals surface area contributed by atoms with Gasteiger partial charge in [0.05, 0.1) is 6.10 Å². The number of carbonyl (C=O) groups is 1. The van der Waals surface area contributed by atoms with Crippen LogP contribution in [0.25, 0.3) is 0 Å². The standard InChI is InChI=1S/C23H29N3O2/c27-23(24-17-22-10-5-15-28-22)20-7-4-6-19(16-20)18-25-11-13-26(14-12-25)21-8-2-1-3-9-21/h1-4,6-9,16,22H,5,10-15,17-18H2,(H,24,27). The first-order valence-corrected chi connectivity index (χ1v) is 10.3. The normalized spacial score (nSPS) is 20.3. The van der Waals surface area contributed by atoms with Gasteiger partial charge in [0, 0.05) is 57.1 Å². The average molecular weight is 380 g/mol. The molecule has 0 spiro atoms. The number of para-hydroxylation sites is 1. The van der Waals surface area contributed by atoms with E-state index in [1.807, 2.05) is 18.2 Å². The molecule has 0 aromatic heterocycles. The van der Waals surface area contributed by atoms with E-state index >= 15 is 0 Å². The molecule has 2 aliphatic heterocycles. The summed E-state index contributed by atoms with van der Waals surface area (Å²) < 4.78 is 5.58. The lowest BCUT2D eigenvalue weighted by molar-refractivity contribution is 0.0857. The minimum atomic E-state index is -0.00810. The lowest BCUT2D eigenvalue weighted by Crippen LogP contribution is -2.45. The molecule has 5 nitrogen and oxygen atoms in total. The molecular weight excluding hydrogens is 350 g/mol. The van der Waals surface area contributed by atoms with E-state index in [0.717, 1.165) is 57.7 Å². The zero-order valence-electron chi connectivity index (χ0n) is 16.3. The van der Waals surface area contributed by atoms with Gasteiger partial charge < -0.3 is 15.0 Å². The molecule has 0 radical (unpaired) electrons. The van der Waals surface area contributed by atoms with Crippen LogP contribution in [0.15, 0.2) is 54.6 Å². The van der Waals surface area contributed by atoms with Crippen molar-refractivity contribution in [2.75, 3.05) is 44.2 Å². The summed E-state index contributed by atoms with van der Waals surface area (Å²) in [6, 6.07) is 18.6. The lowest BCUT2D eigenvalue weighted by Gasteiger charge is -2.36. The Morgan fingerprint density at radius 2 is 1.86 bits per heavy atom. The van der Waals surface area contributed by atoms with Crippen LogP contribution in [0.3, 0.4) is 0 Å². The first-order valence-electron chi connectivity index (χ1n) is 10.3. The van der Waals surface area contributed by atoms with E-state index in [-0.39, 0.29) is 12.0 Å². The number of amides is 1. The summed E-state index contributed by atoms with van der Waals surface area (Å²) >= 11 is 0. The SMILES string of the molecule is O=C(NCC1CCCO1)c1cccc(CN2CCN(c3ccccc3)CC2)c1. The lowest BCUT2D eigenvalue weighted by atomic mass is 10.1. The Kier molecular flexibility index (Phi) is 6.24. The van der Waals surface area contributed by atoms with E-state index in [9.17, 15) is 4.79 Å². The number of rotatable bonds is 6. The molecule has 4 rings (SSSR count). The van der Waals surface area contributed by atoms with Gasteiger partial charge in [0.25, 0.3) is 5.91 Å². The fourth-order valence-electron chi connectivity index (χ4n) is 3.99. The first-order chi connectivity index (χ1) is 13.8. The quantitative estimate of drug-likeness (QED) is 0.838. The second-order valence-corrected chi connectivity index (χ2v) is 7.64. The van der Waals surface area contributed by atoms with Crippen LogP contribution in [0.4, 0.5) is 5.69 Å². The van der Waals surface area contributed by atoms with E-state index in [1.165, 1.54) is 11.3 Å². The number of benzene rings is 2. The predicted octanol–water partition coefficient (Wildman–Crippen LogP) is 2.92. The van der Waals surface area contributed by atoms with E-state index in [0.29, 0.717) is 6.54 Å². The Hall–Kier alpha value is -2.37. The maximum absolute atomic E-state index is 12.5. The molecule has 28 heavy (non-hydrogen) atoms. The molecule has 1 unspecified atom stereocenters. The predicted molar refractivity (Wildman–Crippen MR) is 112 cm³/mol. The van der Waals surface area contributed by atoms with Crippen molar-refractivity contribution >= 4 is 11.6 Å². The minimum Gasteiger partial charge on any atom is -0.376 e. The minimum absolute atomic E-state index is 0.00810. The molecule has 0 bridgehead atoms. The number of anilines is 1. The Bertz CT molecular complexity index is 766. The maximum atomic E-state index is 12.5. The van der Waals surface area contributed by atoms with Gasteiger partial charge in [-0.15, -0.1) is 0 Å². The smallest absolute Gasteiger partial charge is 0.251 e. The van der Waals surface area contributed by atoms with Gasteiger partial charge in [0.15, 0.2) is 0 Å². The number of hydrogen-bond donors (Lipinski definition) is 1. The summed E-state index contributed by atoms with van der Waals surface area (Å²) in [7, 11) is 0. The Morgan fingerprint density at radius 1 is 1.04 bits per heavy atom. The van der Waals surface area contributed by atoms with Crippen LogP contribution >= 0.6 is 0 Å². The zero-order valence-corrected chi connectivity index (χ0v) is 16.3. The fourth-order valence-corrected chi connectivity index (χ4v) is 3.99. The van der Waals surface area contributed by atoms with Crippen molar-refractivity contribution in [2.24, 2.45) is 0 Å². The number of carbonyl (C=O) groups excluding carboxylic acids is 1. The van der Waals surface area contributed by atoms with Crippen molar-refractivity contribution in [1.29, 1.82) is 0 Å². The summed E-state index contributed by atoms with van der Waals surface area (Å²) in [5, 5.41) is 3.01. The van der Waals surface area contributed by atoms with Crippen LogP contribution in [-0.2, 0) is 11.3 Å². The van der Waals surface area contributed by atoms with Gasteiger partial charge in [-0.05, 0) is 42.7 Å². The molecule has 148 valence electrons. The van der Waals surface area contributed by atoms with Crippen LogP contribution in [0.2, 0.25) is 0 Å². The van der Waals surface area contributed by atoms with Crippen LogP contribution in [-0.4, -0.2) is 56.2 Å². The van der Waals surface area contributed by atoms with E-state index in [4.69, 9.17) is 4.74 Å². The van der Waals surface area contributed by atoms with Crippen LogP contribution in [0, 0.1) is 0 Å². The molecule has 1 atom stereocenters. The van der Waals surface area contributed by atoms with Crippen molar-refractivity contribution in [3.05, 3.63) is 65.7 Å². The molecule has 2 heterocycles. The highest BCUT2D eigenvalue weighted by molar-refractivity contribution is 5.94.